The third-order valence-electron chi connectivity index (χ3n) is 5.18. The maximum Gasteiger partial charge on any atom is 0.306 e. The Kier molecular flexibility index (Phi) is 19.7. The van der Waals surface area contributed by atoms with Crippen LogP contribution in [-0.4, -0.2) is 46.2 Å². The van der Waals surface area contributed by atoms with E-state index in [1.54, 1.807) is 0 Å². The molecule has 172 valence electrons. The molecule has 0 rings (SSSR count). The molecule has 0 aliphatic heterocycles. The minimum atomic E-state index is -0.984. The number of esters is 1. The highest BCUT2D eigenvalue weighted by atomic mass is 16.6. The van der Waals surface area contributed by atoms with E-state index in [1.165, 1.54) is 64.7 Å². The van der Waals surface area contributed by atoms with Crippen LogP contribution in [0.15, 0.2) is 12.2 Å². The van der Waals surface area contributed by atoms with Crippen molar-refractivity contribution in [3.63, 3.8) is 0 Å². The van der Waals surface area contributed by atoms with Crippen LogP contribution in [0.25, 0.3) is 0 Å². The molecule has 3 atom stereocenters. The smallest absolute Gasteiger partial charge is 0.306 e. The second-order valence-electron chi connectivity index (χ2n) is 8.18. The number of hydrogen-bond acceptors (Lipinski definition) is 5. The lowest BCUT2D eigenvalue weighted by atomic mass is 10.1. The summed E-state index contributed by atoms with van der Waals surface area (Å²) in [6.45, 7) is 3.36. The molecule has 0 aromatic heterocycles. The Labute approximate surface area is 178 Å². The van der Waals surface area contributed by atoms with Crippen molar-refractivity contribution in [2.75, 3.05) is 6.61 Å². The number of allylic oxidation sites excluding steroid dienone is 2. The van der Waals surface area contributed by atoms with Crippen molar-refractivity contribution in [1.29, 1.82) is 0 Å². The van der Waals surface area contributed by atoms with E-state index >= 15 is 0 Å². The normalized spacial score (nSPS) is 14.8. The van der Waals surface area contributed by atoms with Crippen LogP contribution in [0.3, 0.4) is 0 Å². The van der Waals surface area contributed by atoms with Crippen molar-refractivity contribution >= 4 is 5.97 Å². The van der Waals surface area contributed by atoms with Gasteiger partial charge in [0.05, 0.1) is 18.8 Å². The van der Waals surface area contributed by atoms with Gasteiger partial charge in [-0.3, -0.25) is 4.79 Å². The SMILES string of the molecule is CCCCCCCC/C=C\CCCCCCCC(=O)OC(CC(O)CO)C(C)O. The standard InChI is InChI=1S/C24H46O5/c1-3-4-5-6-7-8-9-10-11-12-13-14-15-16-17-18-24(28)29-23(21(2)26)19-22(27)20-25/h10-11,21-23,25-27H,3-9,12-20H2,1-2H3/b11-10-. The van der Waals surface area contributed by atoms with E-state index in [9.17, 15) is 15.0 Å². The first-order valence-electron chi connectivity index (χ1n) is 11.8. The molecule has 0 aliphatic carbocycles. The van der Waals surface area contributed by atoms with Crippen LogP contribution >= 0.6 is 0 Å². The van der Waals surface area contributed by atoms with Crippen molar-refractivity contribution < 1.29 is 24.9 Å². The quantitative estimate of drug-likeness (QED) is 0.147. The molecule has 3 N–H and O–H groups in total. The lowest BCUT2D eigenvalue weighted by Crippen LogP contribution is -2.33. The molecule has 0 bridgehead atoms. The maximum atomic E-state index is 11.9. The Morgan fingerprint density at radius 1 is 0.862 bits per heavy atom. The van der Waals surface area contributed by atoms with Gasteiger partial charge in [0.1, 0.15) is 6.10 Å². The molecule has 0 saturated carbocycles. The molecule has 0 radical (unpaired) electrons. The summed E-state index contributed by atoms with van der Waals surface area (Å²) in [5, 5.41) is 28.0. The van der Waals surface area contributed by atoms with Crippen LogP contribution in [0.1, 0.15) is 110 Å². The first-order chi connectivity index (χ1) is 14.0. The molecular weight excluding hydrogens is 368 g/mol. The fourth-order valence-corrected chi connectivity index (χ4v) is 3.25. The molecule has 3 unspecified atom stereocenters. The predicted octanol–water partition coefficient (Wildman–Crippen LogP) is 5.06. The summed E-state index contributed by atoms with van der Waals surface area (Å²) < 4.78 is 5.23. The first-order valence-corrected chi connectivity index (χ1v) is 11.8. The van der Waals surface area contributed by atoms with E-state index in [0.717, 1.165) is 25.7 Å². The average molecular weight is 415 g/mol. The lowest BCUT2D eigenvalue weighted by Gasteiger charge is -2.22. The molecule has 0 aromatic rings. The molecule has 0 spiro atoms. The van der Waals surface area contributed by atoms with Crippen LogP contribution in [0.5, 0.6) is 0 Å². The van der Waals surface area contributed by atoms with Crippen molar-refractivity contribution in [2.45, 2.75) is 128 Å². The number of aliphatic hydroxyl groups is 3. The Bertz CT molecular complexity index is 395. The van der Waals surface area contributed by atoms with Crippen molar-refractivity contribution in [3.8, 4) is 0 Å². The summed E-state index contributed by atoms with van der Waals surface area (Å²) in [6, 6.07) is 0. The van der Waals surface area contributed by atoms with E-state index in [-0.39, 0.29) is 12.4 Å². The van der Waals surface area contributed by atoms with E-state index in [1.807, 2.05) is 0 Å². The van der Waals surface area contributed by atoms with Crippen LogP contribution in [0.2, 0.25) is 0 Å². The highest BCUT2D eigenvalue weighted by molar-refractivity contribution is 5.69. The summed E-state index contributed by atoms with van der Waals surface area (Å²) in [7, 11) is 0. The second kappa shape index (κ2) is 20.4. The van der Waals surface area contributed by atoms with Gasteiger partial charge >= 0.3 is 5.97 Å². The number of hydrogen-bond donors (Lipinski definition) is 3. The van der Waals surface area contributed by atoms with E-state index in [4.69, 9.17) is 9.84 Å². The minimum Gasteiger partial charge on any atom is -0.460 e. The molecule has 0 aromatic carbocycles. The summed E-state index contributed by atoms with van der Waals surface area (Å²) in [5.74, 6) is -0.348. The fraction of sp³-hybridized carbons (Fsp3) is 0.875. The highest BCUT2D eigenvalue weighted by Crippen LogP contribution is 2.13. The van der Waals surface area contributed by atoms with Crippen LogP contribution in [0, 0.1) is 0 Å². The molecular formula is C24H46O5. The van der Waals surface area contributed by atoms with Gasteiger partial charge in [0.15, 0.2) is 0 Å². The molecule has 5 heteroatoms. The van der Waals surface area contributed by atoms with Crippen LogP contribution in [-0.2, 0) is 9.53 Å². The van der Waals surface area contributed by atoms with Gasteiger partial charge < -0.3 is 20.1 Å². The Hall–Kier alpha value is -0.910. The molecule has 0 heterocycles. The third kappa shape index (κ3) is 18.8. The monoisotopic (exact) mass is 414 g/mol. The summed E-state index contributed by atoms with van der Waals surface area (Å²) in [5.41, 5.74) is 0. The third-order valence-corrected chi connectivity index (χ3v) is 5.18. The Balaban J connectivity index is 3.55. The summed E-state index contributed by atoms with van der Waals surface area (Å²) in [4.78, 5) is 11.9. The number of carbonyl (C=O) groups excluding carboxylic acids is 1. The van der Waals surface area contributed by atoms with Gasteiger partial charge in [-0.25, -0.2) is 0 Å². The highest BCUT2D eigenvalue weighted by Gasteiger charge is 2.22. The zero-order valence-electron chi connectivity index (χ0n) is 18.9. The van der Waals surface area contributed by atoms with Gasteiger partial charge in [-0.15, -0.1) is 0 Å². The number of rotatable bonds is 20. The van der Waals surface area contributed by atoms with Crippen LogP contribution < -0.4 is 0 Å². The summed E-state index contributed by atoms with van der Waals surface area (Å²) >= 11 is 0. The Morgan fingerprint density at radius 3 is 1.90 bits per heavy atom. The van der Waals surface area contributed by atoms with Gasteiger partial charge in [-0.2, -0.15) is 0 Å². The van der Waals surface area contributed by atoms with E-state index in [2.05, 4.69) is 19.1 Å². The van der Waals surface area contributed by atoms with Gasteiger partial charge in [0.25, 0.3) is 0 Å². The lowest BCUT2D eigenvalue weighted by molar-refractivity contribution is -0.157. The number of unbranched alkanes of at least 4 members (excludes halogenated alkanes) is 11. The first kappa shape index (κ1) is 28.1. The van der Waals surface area contributed by atoms with Gasteiger partial charge in [0.2, 0.25) is 0 Å². The zero-order chi connectivity index (χ0) is 21.7. The molecule has 0 aliphatic rings. The van der Waals surface area contributed by atoms with Crippen molar-refractivity contribution in [3.05, 3.63) is 12.2 Å². The van der Waals surface area contributed by atoms with Gasteiger partial charge in [-0.1, -0.05) is 70.4 Å². The predicted molar refractivity (Wildman–Crippen MR) is 119 cm³/mol. The molecule has 0 fully saturated rings. The fourth-order valence-electron chi connectivity index (χ4n) is 3.25. The Morgan fingerprint density at radius 2 is 1.38 bits per heavy atom. The van der Waals surface area contributed by atoms with Crippen molar-refractivity contribution in [1.82, 2.24) is 0 Å². The molecule has 0 saturated heterocycles. The second-order valence-corrected chi connectivity index (χ2v) is 8.18. The number of carbonyl (C=O) groups is 1. The van der Waals surface area contributed by atoms with E-state index in [0.29, 0.717) is 6.42 Å². The van der Waals surface area contributed by atoms with Gasteiger partial charge in [-0.05, 0) is 39.0 Å². The number of ether oxygens (including phenoxy) is 1. The summed E-state index contributed by atoms with van der Waals surface area (Å²) in [6.07, 6.45) is 18.1. The number of aliphatic hydroxyl groups excluding tert-OH is 3. The molecule has 5 nitrogen and oxygen atoms in total. The van der Waals surface area contributed by atoms with Crippen LogP contribution in [0.4, 0.5) is 0 Å². The minimum absolute atomic E-state index is 0.0479. The average Bonchev–Trinajstić information content (AvgIpc) is 2.70. The van der Waals surface area contributed by atoms with Gasteiger partial charge in [0, 0.05) is 12.8 Å². The van der Waals surface area contributed by atoms with E-state index < -0.39 is 24.9 Å². The molecule has 29 heavy (non-hydrogen) atoms. The maximum absolute atomic E-state index is 11.9. The zero-order valence-corrected chi connectivity index (χ0v) is 18.9. The molecule has 0 amide bonds. The topological polar surface area (TPSA) is 87.0 Å². The van der Waals surface area contributed by atoms with Crippen molar-refractivity contribution in [2.24, 2.45) is 0 Å². The largest absolute Gasteiger partial charge is 0.460 e.